The standard InChI is InChI=1S/C31H35N9O5/c32-26-36-24-21(14-39-23(41)16-38(28(39)43)17-6-2-1-3-7-17)34-27(33)40-15-22(31(44,45)30(24,40)37-26)35-25(42)19-8-4-9-20-18(19)10-13-29(20)11-5-12-29/h1-4,6-9,21-22,24,44-45H,5,10-16H2,(H2,33,34)(H,35,42)(H3,32,36,37)/t21-,22?,24-,30-/m0/s1. The lowest BCUT2D eigenvalue weighted by molar-refractivity contribution is -0.230. The monoisotopic (exact) mass is 613 g/mol. The molecule has 2 spiro atoms. The Balaban J connectivity index is 1.07. The number of nitrogens with two attached hydrogens (primary N) is 2. The third-order valence-corrected chi connectivity index (χ3v) is 10.8. The van der Waals surface area contributed by atoms with Crippen molar-refractivity contribution in [1.29, 1.82) is 0 Å². The van der Waals surface area contributed by atoms with Gasteiger partial charge in [-0.15, -0.1) is 0 Å². The average molecular weight is 614 g/mol. The number of carbonyl (C=O) groups excluding carboxylic acids is 3. The number of benzene rings is 2. The number of aliphatic imine (C=N–C) groups is 2. The SMILES string of the molecule is NC1=N[C@H]2[C@H](CN3C(=O)CN(c4ccccc4)C3=O)N=C(N)N3CC(NC(=O)c4cccc5c4CCC54CCC4)C(O)(O)[C@]23N1. The lowest BCUT2D eigenvalue weighted by Gasteiger charge is -2.49. The molecule has 2 aromatic carbocycles. The molecule has 45 heavy (non-hydrogen) atoms. The van der Waals surface area contributed by atoms with Gasteiger partial charge in [-0.05, 0) is 60.4 Å². The van der Waals surface area contributed by atoms with Gasteiger partial charge in [0.15, 0.2) is 17.6 Å². The second-order valence-electron chi connectivity index (χ2n) is 12.9. The van der Waals surface area contributed by atoms with E-state index in [-0.39, 0.29) is 37.0 Å². The Morgan fingerprint density at radius 1 is 1.04 bits per heavy atom. The zero-order valence-electron chi connectivity index (χ0n) is 24.5. The maximum Gasteiger partial charge on any atom is 0.331 e. The molecule has 4 atom stereocenters. The molecule has 4 heterocycles. The normalized spacial score (nSPS) is 30.4. The fourth-order valence-corrected chi connectivity index (χ4v) is 8.38. The van der Waals surface area contributed by atoms with E-state index in [1.807, 2.05) is 12.1 Å². The highest BCUT2D eigenvalue weighted by molar-refractivity contribution is 6.12. The molecule has 2 aromatic rings. The molecule has 14 heteroatoms. The van der Waals surface area contributed by atoms with Gasteiger partial charge in [-0.25, -0.2) is 14.8 Å². The molecular formula is C31H35N9O5. The number of urea groups is 1. The summed E-state index contributed by atoms with van der Waals surface area (Å²) in [6, 6.07) is 10.8. The summed E-state index contributed by atoms with van der Waals surface area (Å²) in [5.41, 5.74) is 14.2. The van der Waals surface area contributed by atoms with Crippen molar-refractivity contribution in [2.24, 2.45) is 21.5 Å². The molecule has 2 saturated heterocycles. The largest absolute Gasteiger partial charge is 0.370 e. The number of fused-ring (bicyclic) bond motifs is 2. The Labute approximate surface area is 258 Å². The Bertz CT molecular complexity index is 1690. The maximum atomic E-state index is 13.7. The number of carbonyl (C=O) groups is 3. The van der Waals surface area contributed by atoms with Gasteiger partial charge in [0, 0.05) is 17.8 Å². The number of guanidine groups is 2. The summed E-state index contributed by atoms with van der Waals surface area (Å²) in [5.74, 6) is -3.65. The van der Waals surface area contributed by atoms with Gasteiger partial charge in [0.2, 0.25) is 5.79 Å². The summed E-state index contributed by atoms with van der Waals surface area (Å²) in [5, 5.41) is 29.5. The molecule has 8 rings (SSSR count). The smallest absolute Gasteiger partial charge is 0.331 e. The van der Waals surface area contributed by atoms with Crippen LogP contribution in [-0.4, -0.2) is 99.0 Å². The van der Waals surface area contributed by atoms with Crippen LogP contribution in [0.3, 0.4) is 0 Å². The number of amides is 4. The zero-order valence-corrected chi connectivity index (χ0v) is 24.5. The quantitative estimate of drug-likeness (QED) is 0.186. The number of aliphatic hydroxyl groups is 2. The van der Waals surface area contributed by atoms with E-state index in [0.29, 0.717) is 11.3 Å². The highest BCUT2D eigenvalue weighted by Crippen LogP contribution is 2.53. The Morgan fingerprint density at radius 2 is 1.82 bits per heavy atom. The van der Waals surface area contributed by atoms with E-state index in [9.17, 15) is 24.6 Å². The summed E-state index contributed by atoms with van der Waals surface area (Å²) < 4.78 is 0. The number of rotatable bonds is 5. The van der Waals surface area contributed by atoms with E-state index >= 15 is 0 Å². The maximum absolute atomic E-state index is 13.7. The van der Waals surface area contributed by atoms with Crippen LogP contribution in [0.2, 0.25) is 0 Å². The molecule has 1 saturated carbocycles. The average Bonchev–Trinajstić information content (AvgIpc) is 3.71. The Kier molecular flexibility index (Phi) is 5.82. The fourth-order valence-electron chi connectivity index (χ4n) is 8.38. The van der Waals surface area contributed by atoms with Crippen LogP contribution in [-0.2, 0) is 16.6 Å². The van der Waals surface area contributed by atoms with Crippen molar-refractivity contribution in [2.75, 3.05) is 24.5 Å². The van der Waals surface area contributed by atoms with Gasteiger partial charge in [0.25, 0.3) is 11.8 Å². The summed E-state index contributed by atoms with van der Waals surface area (Å²) in [7, 11) is 0. The first-order valence-corrected chi connectivity index (χ1v) is 15.3. The highest BCUT2D eigenvalue weighted by atomic mass is 16.5. The fraction of sp³-hybridized carbons (Fsp3) is 0.452. The molecule has 4 amide bonds. The predicted molar refractivity (Wildman–Crippen MR) is 163 cm³/mol. The number of para-hydroxylation sites is 1. The van der Waals surface area contributed by atoms with E-state index in [2.05, 4.69) is 26.7 Å². The molecule has 2 aliphatic carbocycles. The number of hydrogen-bond donors (Lipinski definition) is 6. The molecular weight excluding hydrogens is 578 g/mol. The van der Waals surface area contributed by atoms with Gasteiger partial charge >= 0.3 is 6.03 Å². The summed E-state index contributed by atoms with van der Waals surface area (Å²) >= 11 is 0. The van der Waals surface area contributed by atoms with Gasteiger partial charge < -0.3 is 37.2 Å². The van der Waals surface area contributed by atoms with Crippen molar-refractivity contribution in [3.8, 4) is 0 Å². The highest BCUT2D eigenvalue weighted by Gasteiger charge is 2.73. The van der Waals surface area contributed by atoms with E-state index in [0.717, 1.165) is 36.1 Å². The lowest BCUT2D eigenvalue weighted by Crippen LogP contribution is -2.78. The molecule has 0 aromatic heterocycles. The minimum Gasteiger partial charge on any atom is -0.370 e. The number of imide groups is 1. The number of nitrogens with zero attached hydrogens (tertiary/aromatic N) is 5. The van der Waals surface area contributed by atoms with Gasteiger partial charge in [0.05, 0.1) is 12.6 Å². The number of hydrogen-bond acceptors (Lipinski definition) is 11. The molecule has 14 nitrogen and oxygen atoms in total. The van der Waals surface area contributed by atoms with Crippen LogP contribution in [0.25, 0.3) is 0 Å². The number of nitrogens with one attached hydrogen (secondary N) is 2. The van der Waals surface area contributed by atoms with Crippen LogP contribution in [0, 0.1) is 0 Å². The van der Waals surface area contributed by atoms with Gasteiger partial charge in [-0.1, -0.05) is 36.8 Å². The molecule has 0 bridgehead atoms. The molecule has 0 radical (unpaired) electrons. The van der Waals surface area contributed by atoms with Crippen LogP contribution in [0.4, 0.5) is 10.5 Å². The first kappa shape index (κ1) is 27.8. The summed E-state index contributed by atoms with van der Waals surface area (Å²) in [6.07, 6.45) is 5.23. The summed E-state index contributed by atoms with van der Waals surface area (Å²) in [6.45, 7) is -0.469. The van der Waals surface area contributed by atoms with Crippen molar-refractivity contribution >= 4 is 35.5 Å². The third-order valence-electron chi connectivity index (χ3n) is 10.8. The molecule has 3 fully saturated rings. The van der Waals surface area contributed by atoms with E-state index in [4.69, 9.17) is 11.5 Å². The first-order chi connectivity index (χ1) is 21.6. The van der Waals surface area contributed by atoms with Crippen molar-refractivity contribution in [3.63, 3.8) is 0 Å². The minimum absolute atomic E-state index is 0.0654. The van der Waals surface area contributed by atoms with Gasteiger partial charge in [-0.2, -0.15) is 0 Å². The first-order valence-electron chi connectivity index (χ1n) is 15.3. The van der Waals surface area contributed by atoms with Crippen LogP contribution in [0.15, 0.2) is 58.5 Å². The molecule has 6 aliphatic rings. The molecule has 234 valence electrons. The van der Waals surface area contributed by atoms with Crippen molar-refractivity contribution in [2.45, 2.75) is 67.1 Å². The molecule has 8 N–H and O–H groups in total. The zero-order chi connectivity index (χ0) is 31.3. The van der Waals surface area contributed by atoms with E-state index in [1.165, 1.54) is 21.8 Å². The van der Waals surface area contributed by atoms with Crippen LogP contribution in [0.1, 0.15) is 47.2 Å². The van der Waals surface area contributed by atoms with Crippen molar-refractivity contribution in [1.82, 2.24) is 20.4 Å². The van der Waals surface area contributed by atoms with E-state index < -0.39 is 47.4 Å². The summed E-state index contributed by atoms with van der Waals surface area (Å²) in [4.78, 5) is 53.0. The Morgan fingerprint density at radius 3 is 2.56 bits per heavy atom. The minimum atomic E-state index is -2.64. The Hall–Kier alpha value is -4.69. The van der Waals surface area contributed by atoms with Gasteiger partial charge in [0.1, 0.15) is 18.6 Å². The van der Waals surface area contributed by atoms with Gasteiger partial charge in [-0.3, -0.25) is 19.4 Å². The van der Waals surface area contributed by atoms with Crippen LogP contribution in [0.5, 0.6) is 0 Å². The molecule has 1 unspecified atom stereocenters. The van der Waals surface area contributed by atoms with Crippen LogP contribution < -0.4 is 27.0 Å². The topological polar surface area (TPSA) is 202 Å². The predicted octanol–water partition coefficient (Wildman–Crippen LogP) is -0.702. The lowest BCUT2D eigenvalue weighted by atomic mass is 9.65. The van der Waals surface area contributed by atoms with Crippen molar-refractivity contribution < 1.29 is 24.6 Å². The second kappa shape index (κ2) is 9.41. The molecule has 4 aliphatic heterocycles. The second-order valence-corrected chi connectivity index (χ2v) is 12.9. The van der Waals surface area contributed by atoms with Crippen LogP contribution >= 0.6 is 0 Å². The number of anilines is 1. The third kappa shape index (κ3) is 3.72. The van der Waals surface area contributed by atoms with E-state index in [1.54, 1.807) is 30.3 Å². The van der Waals surface area contributed by atoms with Crippen molar-refractivity contribution in [3.05, 3.63) is 65.2 Å².